The molecular weight excluding hydrogens is 253 g/mol. The summed E-state index contributed by atoms with van der Waals surface area (Å²) in [5, 5.41) is 9.42. The number of anilines is 1. The fourth-order valence-corrected chi connectivity index (χ4v) is 2.32. The SMILES string of the molecule is Nc1cc(-c2nnc(-c3ccco3)s2)ccc1F. The van der Waals surface area contributed by atoms with Gasteiger partial charge in [-0.3, -0.25) is 0 Å². The quantitative estimate of drug-likeness (QED) is 0.719. The molecule has 0 amide bonds. The summed E-state index contributed by atoms with van der Waals surface area (Å²) in [6, 6.07) is 8.08. The highest BCUT2D eigenvalue weighted by Gasteiger charge is 2.11. The van der Waals surface area contributed by atoms with Gasteiger partial charge in [0.05, 0.1) is 12.0 Å². The Labute approximate surface area is 106 Å². The lowest BCUT2D eigenvalue weighted by Gasteiger charge is -1.98. The molecule has 0 radical (unpaired) electrons. The van der Waals surface area contributed by atoms with Crippen LogP contribution in [-0.4, -0.2) is 10.2 Å². The summed E-state index contributed by atoms with van der Waals surface area (Å²) in [4.78, 5) is 0. The molecule has 0 aliphatic rings. The van der Waals surface area contributed by atoms with Crippen LogP contribution in [0, 0.1) is 5.82 Å². The first-order chi connectivity index (χ1) is 8.74. The number of rotatable bonds is 2. The highest BCUT2D eigenvalue weighted by atomic mass is 32.1. The minimum absolute atomic E-state index is 0.0993. The van der Waals surface area contributed by atoms with Crippen LogP contribution in [-0.2, 0) is 0 Å². The molecule has 0 atom stereocenters. The summed E-state index contributed by atoms with van der Waals surface area (Å²) < 4.78 is 18.3. The molecule has 2 aromatic heterocycles. The smallest absolute Gasteiger partial charge is 0.183 e. The van der Waals surface area contributed by atoms with Crippen molar-refractivity contribution in [2.45, 2.75) is 0 Å². The molecule has 0 spiro atoms. The van der Waals surface area contributed by atoms with E-state index in [1.54, 1.807) is 24.5 Å². The van der Waals surface area contributed by atoms with Gasteiger partial charge in [0.25, 0.3) is 0 Å². The fourth-order valence-electron chi connectivity index (χ4n) is 1.52. The van der Waals surface area contributed by atoms with E-state index in [9.17, 15) is 4.39 Å². The van der Waals surface area contributed by atoms with Crippen LogP contribution in [0.25, 0.3) is 21.3 Å². The van der Waals surface area contributed by atoms with E-state index < -0.39 is 5.82 Å². The third kappa shape index (κ3) is 1.86. The van der Waals surface area contributed by atoms with E-state index in [1.165, 1.54) is 17.4 Å². The van der Waals surface area contributed by atoms with Crippen molar-refractivity contribution < 1.29 is 8.81 Å². The van der Waals surface area contributed by atoms with Gasteiger partial charge in [0.2, 0.25) is 0 Å². The maximum atomic E-state index is 13.1. The molecule has 0 saturated carbocycles. The zero-order valence-electron chi connectivity index (χ0n) is 9.13. The summed E-state index contributed by atoms with van der Waals surface area (Å²) in [5.74, 6) is 0.225. The number of nitrogens with zero attached hydrogens (tertiary/aromatic N) is 2. The second-order valence-corrected chi connectivity index (χ2v) is 4.60. The molecule has 0 aliphatic carbocycles. The maximum absolute atomic E-state index is 13.1. The molecule has 3 rings (SSSR count). The first kappa shape index (κ1) is 10.9. The summed E-state index contributed by atoms with van der Waals surface area (Å²) >= 11 is 1.36. The van der Waals surface area contributed by atoms with Crippen molar-refractivity contribution in [3.05, 3.63) is 42.4 Å². The molecule has 90 valence electrons. The van der Waals surface area contributed by atoms with Gasteiger partial charge in [-0.05, 0) is 30.3 Å². The first-order valence-electron chi connectivity index (χ1n) is 5.17. The number of halogens is 1. The fraction of sp³-hybridized carbons (Fsp3) is 0. The Morgan fingerprint density at radius 3 is 2.72 bits per heavy atom. The average molecular weight is 261 g/mol. The first-order valence-corrected chi connectivity index (χ1v) is 5.98. The van der Waals surface area contributed by atoms with E-state index >= 15 is 0 Å². The van der Waals surface area contributed by atoms with Crippen molar-refractivity contribution in [3.8, 4) is 21.3 Å². The molecule has 0 aliphatic heterocycles. The van der Waals surface area contributed by atoms with Crippen LogP contribution in [0.1, 0.15) is 0 Å². The van der Waals surface area contributed by atoms with Gasteiger partial charge in [-0.15, -0.1) is 10.2 Å². The lowest BCUT2D eigenvalue weighted by Crippen LogP contribution is -1.90. The Morgan fingerprint density at radius 1 is 1.17 bits per heavy atom. The second kappa shape index (κ2) is 4.23. The Hall–Kier alpha value is -2.21. The van der Waals surface area contributed by atoms with Gasteiger partial charge in [0, 0.05) is 5.56 Å². The lowest BCUT2D eigenvalue weighted by atomic mass is 10.2. The highest BCUT2D eigenvalue weighted by Crippen LogP contribution is 2.31. The van der Waals surface area contributed by atoms with Gasteiger partial charge < -0.3 is 10.2 Å². The molecule has 0 saturated heterocycles. The van der Waals surface area contributed by atoms with E-state index in [2.05, 4.69) is 10.2 Å². The van der Waals surface area contributed by atoms with Gasteiger partial charge in [-0.25, -0.2) is 4.39 Å². The van der Waals surface area contributed by atoms with Crippen LogP contribution in [0.15, 0.2) is 41.0 Å². The molecular formula is C12H8FN3OS. The van der Waals surface area contributed by atoms with E-state index in [0.717, 1.165) is 5.56 Å². The molecule has 2 heterocycles. The van der Waals surface area contributed by atoms with Crippen LogP contribution in [0.5, 0.6) is 0 Å². The van der Waals surface area contributed by atoms with E-state index in [1.807, 2.05) is 6.07 Å². The zero-order chi connectivity index (χ0) is 12.5. The van der Waals surface area contributed by atoms with Crippen molar-refractivity contribution in [2.24, 2.45) is 0 Å². The van der Waals surface area contributed by atoms with Crippen molar-refractivity contribution in [1.82, 2.24) is 10.2 Å². The van der Waals surface area contributed by atoms with Crippen LogP contribution in [0.2, 0.25) is 0 Å². The monoisotopic (exact) mass is 261 g/mol. The molecule has 6 heteroatoms. The van der Waals surface area contributed by atoms with Gasteiger partial charge >= 0.3 is 0 Å². The Bertz CT molecular complexity index is 678. The average Bonchev–Trinajstić information content (AvgIpc) is 3.01. The molecule has 1 aromatic carbocycles. The molecule has 0 unspecified atom stereocenters. The van der Waals surface area contributed by atoms with Gasteiger partial charge in [-0.1, -0.05) is 11.3 Å². The number of benzene rings is 1. The minimum atomic E-state index is -0.436. The van der Waals surface area contributed by atoms with E-state index in [-0.39, 0.29) is 5.69 Å². The predicted molar refractivity (Wildman–Crippen MR) is 67.4 cm³/mol. The number of nitrogen functional groups attached to an aromatic ring is 1. The number of hydrogen-bond donors (Lipinski definition) is 1. The Balaban J connectivity index is 2.00. The van der Waals surface area contributed by atoms with E-state index in [4.69, 9.17) is 10.2 Å². The summed E-state index contributed by atoms with van der Waals surface area (Å²) in [7, 11) is 0. The molecule has 18 heavy (non-hydrogen) atoms. The van der Waals surface area contributed by atoms with Gasteiger partial charge in [0.1, 0.15) is 10.8 Å². The van der Waals surface area contributed by atoms with Gasteiger partial charge in [0.15, 0.2) is 10.8 Å². The van der Waals surface area contributed by atoms with Crippen molar-refractivity contribution in [1.29, 1.82) is 0 Å². The van der Waals surface area contributed by atoms with Crippen molar-refractivity contribution in [3.63, 3.8) is 0 Å². The Morgan fingerprint density at radius 2 is 2.00 bits per heavy atom. The normalized spacial score (nSPS) is 10.7. The molecule has 0 bridgehead atoms. The van der Waals surface area contributed by atoms with E-state index in [0.29, 0.717) is 15.8 Å². The molecule has 4 nitrogen and oxygen atoms in total. The van der Waals surface area contributed by atoms with Crippen molar-refractivity contribution >= 4 is 17.0 Å². The summed E-state index contributed by atoms with van der Waals surface area (Å²) in [6.45, 7) is 0. The zero-order valence-corrected chi connectivity index (χ0v) is 9.95. The standard InChI is InChI=1S/C12H8FN3OS/c13-8-4-3-7(6-9(8)14)11-15-16-12(18-11)10-2-1-5-17-10/h1-6H,14H2. The molecule has 2 N–H and O–H groups in total. The predicted octanol–water partition coefficient (Wildman–Crippen LogP) is 3.19. The maximum Gasteiger partial charge on any atom is 0.183 e. The van der Waals surface area contributed by atoms with Crippen LogP contribution >= 0.6 is 11.3 Å². The van der Waals surface area contributed by atoms with Crippen molar-refractivity contribution in [2.75, 3.05) is 5.73 Å². The largest absolute Gasteiger partial charge is 0.462 e. The molecule has 3 aromatic rings. The Kier molecular flexibility index (Phi) is 2.56. The summed E-state index contributed by atoms with van der Waals surface area (Å²) in [6.07, 6.45) is 1.58. The number of hydrogen-bond acceptors (Lipinski definition) is 5. The van der Waals surface area contributed by atoms with Crippen LogP contribution < -0.4 is 5.73 Å². The topological polar surface area (TPSA) is 64.9 Å². The van der Waals surface area contributed by atoms with Gasteiger partial charge in [-0.2, -0.15) is 0 Å². The third-order valence-electron chi connectivity index (χ3n) is 2.40. The highest BCUT2D eigenvalue weighted by molar-refractivity contribution is 7.17. The van der Waals surface area contributed by atoms with Crippen LogP contribution in [0.4, 0.5) is 10.1 Å². The number of furan rings is 1. The van der Waals surface area contributed by atoms with Crippen LogP contribution in [0.3, 0.4) is 0 Å². The molecule has 0 fully saturated rings. The summed E-state index contributed by atoms with van der Waals surface area (Å²) in [5.41, 5.74) is 6.36. The number of nitrogens with two attached hydrogens (primary N) is 1. The number of aromatic nitrogens is 2. The third-order valence-corrected chi connectivity index (χ3v) is 3.39. The lowest BCUT2D eigenvalue weighted by molar-refractivity contribution is 0.581. The minimum Gasteiger partial charge on any atom is -0.462 e. The second-order valence-electron chi connectivity index (χ2n) is 3.63.